The van der Waals surface area contributed by atoms with Crippen molar-refractivity contribution in [1.82, 2.24) is 19.5 Å². The second kappa shape index (κ2) is 7.85. The van der Waals surface area contributed by atoms with Crippen molar-refractivity contribution in [2.75, 3.05) is 0 Å². The minimum Gasteiger partial charge on any atom is -0.455 e. The Bertz CT molecular complexity index is 1140. The van der Waals surface area contributed by atoms with E-state index >= 15 is 0 Å². The van der Waals surface area contributed by atoms with Gasteiger partial charge in [0.05, 0.1) is 17.0 Å². The Balaban J connectivity index is 1.44. The number of carbonyl (C=O) groups is 1. The molecule has 8 heteroatoms. The average molecular weight is 394 g/mol. The number of carbonyl (C=O) groups excluding carboxylic acids is 1. The Morgan fingerprint density at radius 2 is 2.14 bits per heavy atom. The van der Waals surface area contributed by atoms with E-state index in [1.54, 1.807) is 18.3 Å². The Morgan fingerprint density at radius 3 is 2.93 bits per heavy atom. The first-order chi connectivity index (χ1) is 13.6. The lowest BCUT2D eigenvalue weighted by Gasteiger charge is -2.07. The summed E-state index contributed by atoms with van der Waals surface area (Å²) in [6.45, 7) is 3.93. The van der Waals surface area contributed by atoms with Gasteiger partial charge in [-0.2, -0.15) is 0 Å². The molecule has 0 saturated heterocycles. The van der Waals surface area contributed by atoms with Gasteiger partial charge in [0, 0.05) is 30.4 Å². The molecule has 0 atom stereocenters. The molecule has 4 rings (SSSR count). The summed E-state index contributed by atoms with van der Waals surface area (Å²) in [5.74, 6) is 0.875. The van der Waals surface area contributed by atoms with Crippen LogP contribution in [0, 0.1) is 13.8 Å². The third kappa shape index (κ3) is 3.91. The fraction of sp³-hybridized carbons (Fsp3) is 0.200. The van der Waals surface area contributed by atoms with Crippen LogP contribution in [0.15, 0.2) is 58.5 Å². The molecule has 28 heavy (non-hydrogen) atoms. The summed E-state index contributed by atoms with van der Waals surface area (Å²) in [6, 6.07) is 9.23. The number of imidazole rings is 1. The maximum atomic E-state index is 12.6. The van der Waals surface area contributed by atoms with E-state index in [0.29, 0.717) is 22.0 Å². The monoisotopic (exact) mass is 394 g/mol. The molecule has 0 aliphatic carbocycles. The molecule has 0 unspecified atom stereocenters. The van der Waals surface area contributed by atoms with E-state index < -0.39 is 5.97 Å². The molecule has 0 saturated carbocycles. The summed E-state index contributed by atoms with van der Waals surface area (Å²) < 4.78 is 12.5. The second-order valence-electron chi connectivity index (χ2n) is 6.30. The van der Waals surface area contributed by atoms with Crippen LogP contribution in [0.1, 0.15) is 33.1 Å². The van der Waals surface area contributed by atoms with Crippen molar-refractivity contribution in [2.24, 2.45) is 0 Å². The van der Waals surface area contributed by atoms with Gasteiger partial charge in [0.15, 0.2) is 0 Å². The number of aryl methyl sites for hydroxylation is 2. The number of ether oxygens (including phenoxy) is 1. The zero-order chi connectivity index (χ0) is 19.5. The van der Waals surface area contributed by atoms with Crippen molar-refractivity contribution in [3.8, 4) is 0 Å². The fourth-order valence-electron chi connectivity index (χ4n) is 2.78. The fourth-order valence-corrected chi connectivity index (χ4v) is 3.64. The SMILES string of the molecule is Cc1cc(CSc2ncccc2C(=O)OCc2cn3cccc(C)c3n2)no1. The van der Waals surface area contributed by atoms with Crippen LogP contribution in [0.4, 0.5) is 0 Å². The molecule has 0 amide bonds. The van der Waals surface area contributed by atoms with Crippen LogP contribution >= 0.6 is 11.8 Å². The Hall–Kier alpha value is -3.13. The highest BCUT2D eigenvalue weighted by molar-refractivity contribution is 7.98. The van der Waals surface area contributed by atoms with E-state index in [0.717, 1.165) is 22.7 Å². The van der Waals surface area contributed by atoms with Crippen LogP contribution in [0.2, 0.25) is 0 Å². The number of rotatable bonds is 6. The Labute approximate surface area is 165 Å². The van der Waals surface area contributed by atoms with Gasteiger partial charge < -0.3 is 13.7 Å². The number of hydrogen-bond acceptors (Lipinski definition) is 7. The summed E-state index contributed by atoms with van der Waals surface area (Å²) >= 11 is 1.42. The Kier molecular flexibility index (Phi) is 5.12. The third-order valence-corrected chi connectivity index (χ3v) is 5.14. The van der Waals surface area contributed by atoms with E-state index in [4.69, 9.17) is 9.26 Å². The third-order valence-electron chi connectivity index (χ3n) is 4.10. The minimum absolute atomic E-state index is 0.0986. The first kappa shape index (κ1) is 18.2. The molecule has 142 valence electrons. The van der Waals surface area contributed by atoms with Gasteiger partial charge in [0.25, 0.3) is 0 Å². The molecule has 0 bridgehead atoms. The van der Waals surface area contributed by atoms with E-state index in [1.807, 2.05) is 48.8 Å². The molecule has 0 fully saturated rings. The van der Waals surface area contributed by atoms with Gasteiger partial charge in [-0.05, 0) is 37.6 Å². The first-order valence-electron chi connectivity index (χ1n) is 8.70. The van der Waals surface area contributed by atoms with E-state index in [1.165, 1.54) is 11.8 Å². The second-order valence-corrected chi connectivity index (χ2v) is 7.27. The number of fused-ring (bicyclic) bond motifs is 1. The van der Waals surface area contributed by atoms with Crippen LogP contribution in [0.3, 0.4) is 0 Å². The predicted molar refractivity (Wildman–Crippen MR) is 104 cm³/mol. The molecular formula is C20H18N4O3S. The van der Waals surface area contributed by atoms with Crippen molar-refractivity contribution in [2.45, 2.75) is 31.2 Å². The standard InChI is InChI=1S/C20H18N4O3S/c1-13-5-4-8-24-10-16(22-18(13)24)11-26-20(25)17-6-3-7-21-19(17)28-12-15-9-14(2)27-23-15/h3-10H,11-12H2,1-2H3. The summed E-state index contributed by atoms with van der Waals surface area (Å²) in [7, 11) is 0. The molecule has 4 aromatic rings. The molecule has 0 spiro atoms. The average Bonchev–Trinajstić information content (AvgIpc) is 3.31. The summed E-state index contributed by atoms with van der Waals surface area (Å²) in [4.78, 5) is 21.4. The van der Waals surface area contributed by atoms with Crippen molar-refractivity contribution >= 4 is 23.4 Å². The maximum Gasteiger partial charge on any atom is 0.341 e. The Morgan fingerprint density at radius 1 is 1.25 bits per heavy atom. The van der Waals surface area contributed by atoms with Gasteiger partial charge in [-0.25, -0.2) is 14.8 Å². The van der Waals surface area contributed by atoms with Gasteiger partial charge in [-0.1, -0.05) is 23.0 Å². The van der Waals surface area contributed by atoms with Crippen molar-refractivity contribution < 1.29 is 14.1 Å². The predicted octanol–water partition coefficient (Wildman–Crippen LogP) is 3.98. The zero-order valence-electron chi connectivity index (χ0n) is 15.5. The van der Waals surface area contributed by atoms with Gasteiger partial charge in [0.2, 0.25) is 0 Å². The number of esters is 1. The van der Waals surface area contributed by atoms with Gasteiger partial charge >= 0.3 is 5.97 Å². The van der Waals surface area contributed by atoms with Gasteiger partial charge in [0.1, 0.15) is 23.0 Å². The van der Waals surface area contributed by atoms with Crippen molar-refractivity contribution in [1.29, 1.82) is 0 Å². The number of aromatic nitrogens is 4. The van der Waals surface area contributed by atoms with Crippen molar-refractivity contribution in [3.05, 3.63) is 77.2 Å². The molecule has 7 nitrogen and oxygen atoms in total. The molecule has 0 N–H and O–H groups in total. The van der Waals surface area contributed by atoms with Crippen LogP contribution in [-0.2, 0) is 17.1 Å². The van der Waals surface area contributed by atoms with Crippen LogP contribution in [0.25, 0.3) is 5.65 Å². The van der Waals surface area contributed by atoms with Crippen LogP contribution < -0.4 is 0 Å². The van der Waals surface area contributed by atoms with Gasteiger partial charge in [-0.3, -0.25) is 0 Å². The van der Waals surface area contributed by atoms with Crippen LogP contribution in [-0.4, -0.2) is 25.5 Å². The van der Waals surface area contributed by atoms with E-state index in [9.17, 15) is 4.79 Å². The quantitative estimate of drug-likeness (QED) is 0.361. The lowest BCUT2D eigenvalue weighted by molar-refractivity contribution is 0.0463. The number of thioether (sulfide) groups is 1. The lowest BCUT2D eigenvalue weighted by atomic mass is 10.3. The van der Waals surface area contributed by atoms with Gasteiger partial charge in [-0.15, -0.1) is 0 Å². The van der Waals surface area contributed by atoms with Crippen molar-refractivity contribution in [3.63, 3.8) is 0 Å². The molecule has 4 heterocycles. The summed E-state index contributed by atoms with van der Waals surface area (Å²) in [6.07, 6.45) is 5.43. The van der Waals surface area contributed by atoms with E-state index in [2.05, 4.69) is 15.1 Å². The molecule has 0 aliphatic heterocycles. The summed E-state index contributed by atoms with van der Waals surface area (Å²) in [5.41, 5.74) is 3.84. The molecular weight excluding hydrogens is 376 g/mol. The number of pyridine rings is 2. The molecule has 0 aliphatic rings. The highest BCUT2D eigenvalue weighted by Crippen LogP contribution is 2.25. The highest BCUT2D eigenvalue weighted by atomic mass is 32.2. The largest absolute Gasteiger partial charge is 0.455 e. The smallest absolute Gasteiger partial charge is 0.341 e. The summed E-state index contributed by atoms with van der Waals surface area (Å²) in [5, 5.41) is 4.56. The first-order valence-corrected chi connectivity index (χ1v) is 9.69. The van der Waals surface area contributed by atoms with E-state index in [-0.39, 0.29) is 6.61 Å². The number of nitrogens with zero attached hydrogens (tertiary/aromatic N) is 4. The topological polar surface area (TPSA) is 82.5 Å². The normalized spacial score (nSPS) is 11.1. The highest BCUT2D eigenvalue weighted by Gasteiger charge is 2.16. The molecule has 4 aromatic heterocycles. The molecule has 0 aromatic carbocycles. The minimum atomic E-state index is -0.430. The lowest BCUT2D eigenvalue weighted by Crippen LogP contribution is -2.08. The number of hydrogen-bond donors (Lipinski definition) is 0. The molecule has 0 radical (unpaired) electrons. The maximum absolute atomic E-state index is 12.6. The zero-order valence-corrected chi connectivity index (χ0v) is 16.3. The van der Waals surface area contributed by atoms with Crippen LogP contribution in [0.5, 0.6) is 0 Å².